The van der Waals surface area contributed by atoms with E-state index in [1.807, 2.05) is 0 Å². The van der Waals surface area contributed by atoms with Gasteiger partial charge in [0.15, 0.2) is 4.90 Å². The summed E-state index contributed by atoms with van der Waals surface area (Å²) in [5, 5.41) is 32.8. The molecular weight excluding hydrogens is 528 g/mol. The molecule has 1 aliphatic rings. The van der Waals surface area contributed by atoms with Crippen LogP contribution in [0.25, 0.3) is 0 Å². The molecule has 2 aromatic carbocycles. The minimum Gasteiger partial charge on any atom is -0.611 e. The number of hydrogen-bond acceptors (Lipinski definition) is 10. The van der Waals surface area contributed by atoms with Gasteiger partial charge in [-0.15, -0.1) is 0 Å². The number of nitro benzene ring substituents is 1. The molecule has 0 saturated carbocycles. The third kappa shape index (κ3) is 7.24. The molecule has 1 heterocycles. The first-order valence-corrected chi connectivity index (χ1v) is 13.3. The van der Waals surface area contributed by atoms with Crippen molar-refractivity contribution in [2.45, 2.75) is 37.2 Å². The second kappa shape index (κ2) is 13.4. The molecule has 0 amide bonds. The Kier molecular flexibility index (Phi) is 10.2. The molecule has 3 atom stereocenters. The molecular formula is C27H30N2O9S. The Morgan fingerprint density at radius 1 is 1.10 bits per heavy atom. The van der Waals surface area contributed by atoms with E-state index in [1.165, 1.54) is 25.3 Å². The molecule has 0 bridgehead atoms. The topological polar surface area (TPSA) is 171 Å². The van der Waals surface area contributed by atoms with Crippen molar-refractivity contribution < 1.29 is 38.8 Å². The lowest BCUT2D eigenvalue weighted by atomic mass is 9.80. The predicted octanol–water partition coefficient (Wildman–Crippen LogP) is 2.25. The Labute approximate surface area is 228 Å². The first-order chi connectivity index (χ1) is 18.6. The summed E-state index contributed by atoms with van der Waals surface area (Å²) in [5.74, 6) is -2.41. The number of carbonyl (C=O) groups excluding carboxylic acids is 2. The smallest absolute Gasteiger partial charge is 0.336 e. The van der Waals surface area contributed by atoms with Crippen LogP contribution in [0, 0.1) is 10.1 Å². The number of aliphatic hydroxyl groups excluding tert-OH is 2. The fourth-order valence-electron chi connectivity index (χ4n) is 4.27. The molecule has 0 fully saturated rings. The zero-order valence-corrected chi connectivity index (χ0v) is 22.5. The second-order valence-corrected chi connectivity index (χ2v) is 10.4. The summed E-state index contributed by atoms with van der Waals surface area (Å²) in [4.78, 5) is 37.4. The standard InChI is InChI=1S/C27H30N2O9S/c1-16-23(26(32)37-3)25(19-5-4-6-20(13-19)29(34)35)24(17(2)28-16)27(33)38-12-11-18-7-9-22(10-8-18)39(36)15-21(31)14-30/h4-10,13,21,25,28,30-31H,11-12,14-15H2,1-3H3. The molecule has 3 unspecified atom stereocenters. The Morgan fingerprint density at radius 2 is 1.74 bits per heavy atom. The third-order valence-electron chi connectivity index (χ3n) is 6.16. The average Bonchev–Trinajstić information content (AvgIpc) is 2.92. The van der Waals surface area contributed by atoms with Gasteiger partial charge in [0, 0.05) is 29.9 Å². The molecule has 0 aromatic heterocycles. The average molecular weight is 559 g/mol. The highest BCUT2D eigenvalue weighted by Gasteiger charge is 2.38. The normalized spacial score (nSPS) is 16.8. The molecule has 1 aliphatic heterocycles. The summed E-state index contributed by atoms with van der Waals surface area (Å²) in [6, 6.07) is 12.5. The van der Waals surface area contributed by atoms with Crippen LogP contribution in [0.15, 0.2) is 76.0 Å². The van der Waals surface area contributed by atoms with Crippen molar-refractivity contribution in [2.24, 2.45) is 0 Å². The van der Waals surface area contributed by atoms with Gasteiger partial charge in [0.1, 0.15) is 11.9 Å². The highest BCUT2D eigenvalue weighted by atomic mass is 32.2. The lowest BCUT2D eigenvalue weighted by Crippen LogP contribution is -2.32. The van der Waals surface area contributed by atoms with E-state index in [-0.39, 0.29) is 29.2 Å². The molecule has 0 spiro atoms. The van der Waals surface area contributed by atoms with Gasteiger partial charge in [-0.3, -0.25) is 10.1 Å². The summed E-state index contributed by atoms with van der Waals surface area (Å²) >= 11 is -1.47. The fourth-order valence-corrected chi connectivity index (χ4v) is 5.35. The number of aliphatic hydroxyl groups is 2. The Hall–Kier alpha value is -3.71. The van der Waals surface area contributed by atoms with Gasteiger partial charge in [-0.2, -0.15) is 0 Å². The van der Waals surface area contributed by atoms with Crippen LogP contribution in [-0.2, 0) is 36.7 Å². The molecule has 0 radical (unpaired) electrons. The van der Waals surface area contributed by atoms with Crippen LogP contribution in [0.5, 0.6) is 0 Å². The summed E-state index contributed by atoms with van der Waals surface area (Å²) in [7, 11) is 1.21. The van der Waals surface area contributed by atoms with Gasteiger partial charge < -0.3 is 29.6 Å². The maximum atomic E-state index is 13.3. The van der Waals surface area contributed by atoms with Gasteiger partial charge in [-0.25, -0.2) is 9.59 Å². The van der Waals surface area contributed by atoms with E-state index in [4.69, 9.17) is 14.6 Å². The summed E-state index contributed by atoms with van der Waals surface area (Å²) in [6.07, 6.45) is -0.723. The molecule has 2 aromatic rings. The van der Waals surface area contributed by atoms with Crippen molar-refractivity contribution in [3.63, 3.8) is 0 Å². The first-order valence-electron chi connectivity index (χ1n) is 12.0. The van der Waals surface area contributed by atoms with Crippen molar-refractivity contribution >= 4 is 28.8 Å². The Bertz CT molecular complexity index is 1290. The number of rotatable bonds is 11. The van der Waals surface area contributed by atoms with Gasteiger partial charge in [-0.05, 0) is 48.3 Å². The number of non-ortho nitro benzene ring substituents is 1. The lowest BCUT2D eigenvalue weighted by Gasteiger charge is -2.30. The number of hydrogen-bond donors (Lipinski definition) is 3. The minimum absolute atomic E-state index is 0.000806. The highest BCUT2D eigenvalue weighted by molar-refractivity contribution is 7.91. The summed E-state index contributed by atoms with van der Waals surface area (Å²) in [6.45, 7) is 2.84. The Balaban J connectivity index is 1.79. The number of carbonyl (C=O) groups is 2. The van der Waals surface area contributed by atoms with Crippen LogP contribution in [0.4, 0.5) is 5.69 Å². The van der Waals surface area contributed by atoms with Gasteiger partial charge in [0.05, 0.1) is 42.3 Å². The Morgan fingerprint density at radius 3 is 2.33 bits per heavy atom. The number of nitrogens with zero attached hydrogens (tertiary/aromatic N) is 1. The van der Waals surface area contributed by atoms with Crippen molar-refractivity contribution in [2.75, 3.05) is 26.1 Å². The molecule has 12 heteroatoms. The monoisotopic (exact) mass is 558 g/mol. The number of esters is 2. The molecule has 3 rings (SSSR count). The van der Waals surface area contributed by atoms with Crippen LogP contribution < -0.4 is 5.32 Å². The number of benzene rings is 2. The number of nitro groups is 1. The van der Waals surface area contributed by atoms with Gasteiger partial charge in [0.25, 0.3) is 5.69 Å². The van der Waals surface area contributed by atoms with E-state index >= 15 is 0 Å². The van der Waals surface area contributed by atoms with E-state index in [0.29, 0.717) is 28.3 Å². The number of nitrogens with one attached hydrogen (secondary N) is 1. The molecule has 208 valence electrons. The molecule has 0 aliphatic carbocycles. The SMILES string of the molecule is COC(=O)C1=C(C)NC(C)=C(C(=O)OCCc2ccc([S+]([O-])CC(O)CO)cc2)C1c1cccc([N+](=O)[O-])c1. The molecule has 39 heavy (non-hydrogen) atoms. The molecule has 0 saturated heterocycles. The number of dihydropyridines is 1. The van der Waals surface area contributed by atoms with Gasteiger partial charge in [0.2, 0.25) is 0 Å². The van der Waals surface area contributed by atoms with Crippen molar-refractivity contribution in [3.8, 4) is 0 Å². The van der Waals surface area contributed by atoms with Crippen LogP contribution >= 0.6 is 0 Å². The van der Waals surface area contributed by atoms with Crippen LogP contribution in [0.1, 0.15) is 30.9 Å². The van der Waals surface area contributed by atoms with Crippen LogP contribution in [-0.4, -0.2) is 63.8 Å². The summed E-state index contributed by atoms with van der Waals surface area (Å²) in [5.41, 5.74) is 2.16. The fraction of sp³-hybridized carbons (Fsp3) is 0.333. The van der Waals surface area contributed by atoms with Gasteiger partial charge >= 0.3 is 11.9 Å². The third-order valence-corrected chi connectivity index (χ3v) is 7.65. The van der Waals surface area contributed by atoms with E-state index in [0.717, 1.165) is 5.56 Å². The van der Waals surface area contributed by atoms with E-state index in [2.05, 4.69) is 5.32 Å². The van der Waals surface area contributed by atoms with Crippen LogP contribution in [0.2, 0.25) is 0 Å². The van der Waals surface area contributed by atoms with E-state index in [9.17, 15) is 29.4 Å². The zero-order valence-electron chi connectivity index (χ0n) is 21.7. The van der Waals surface area contributed by atoms with Crippen LogP contribution in [0.3, 0.4) is 0 Å². The zero-order chi connectivity index (χ0) is 28.7. The van der Waals surface area contributed by atoms with Gasteiger partial charge in [-0.1, -0.05) is 24.3 Å². The van der Waals surface area contributed by atoms with E-state index < -0.39 is 46.7 Å². The lowest BCUT2D eigenvalue weighted by molar-refractivity contribution is -0.384. The van der Waals surface area contributed by atoms with Crippen molar-refractivity contribution in [1.29, 1.82) is 0 Å². The summed E-state index contributed by atoms with van der Waals surface area (Å²) < 4.78 is 22.8. The maximum Gasteiger partial charge on any atom is 0.336 e. The number of methoxy groups -OCH3 is 1. The quantitative estimate of drug-likeness (QED) is 0.161. The first kappa shape index (κ1) is 29.8. The maximum absolute atomic E-state index is 13.3. The number of ether oxygens (including phenoxy) is 2. The largest absolute Gasteiger partial charge is 0.611 e. The van der Waals surface area contributed by atoms with Crippen molar-refractivity contribution in [3.05, 3.63) is 92.3 Å². The highest BCUT2D eigenvalue weighted by Crippen LogP contribution is 2.40. The van der Waals surface area contributed by atoms with E-state index in [1.54, 1.807) is 44.2 Å². The predicted molar refractivity (Wildman–Crippen MR) is 142 cm³/mol. The number of allylic oxidation sites excluding steroid dienone is 2. The molecule has 3 N–H and O–H groups in total. The minimum atomic E-state index is -1.47. The molecule has 11 nitrogen and oxygen atoms in total. The van der Waals surface area contributed by atoms with Crippen molar-refractivity contribution in [1.82, 2.24) is 5.32 Å². The second-order valence-electron chi connectivity index (χ2n) is 8.86.